The number of hydrogen-bond acceptors (Lipinski definition) is 2. The van der Waals surface area contributed by atoms with Gasteiger partial charge in [-0.1, -0.05) is 24.6 Å². The third-order valence-corrected chi connectivity index (χ3v) is 4.85. The smallest absolute Gasteiger partial charge is 0.0954 e. The molecule has 0 radical (unpaired) electrons. The quantitative estimate of drug-likeness (QED) is 0.839. The lowest BCUT2D eigenvalue weighted by molar-refractivity contribution is -0.0851. The van der Waals surface area contributed by atoms with Gasteiger partial charge in [0.1, 0.15) is 0 Å². The Labute approximate surface area is 117 Å². The van der Waals surface area contributed by atoms with Gasteiger partial charge in [-0.15, -0.1) is 0 Å². The van der Waals surface area contributed by atoms with Gasteiger partial charge in [0.25, 0.3) is 0 Å². The lowest BCUT2D eigenvalue weighted by atomic mass is 9.71. The summed E-state index contributed by atoms with van der Waals surface area (Å²) < 4.78 is 0. The van der Waals surface area contributed by atoms with Crippen LogP contribution in [-0.2, 0) is 5.60 Å². The Morgan fingerprint density at radius 3 is 2.21 bits per heavy atom. The van der Waals surface area contributed by atoms with Crippen LogP contribution in [0.15, 0.2) is 12.1 Å². The molecule has 1 aliphatic heterocycles. The molecule has 106 valence electrons. The molecule has 1 fully saturated rings. The monoisotopic (exact) mass is 261 g/mol. The molecule has 0 bridgehead atoms. The van der Waals surface area contributed by atoms with Crippen LogP contribution in [0.1, 0.15) is 42.5 Å². The molecule has 2 heteroatoms. The summed E-state index contributed by atoms with van der Waals surface area (Å²) >= 11 is 0. The van der Waals surface area contributed by atoms with Gasteiger partial charge in [-0.05, 0) is 57.9 Å². The molecule has 19 heavy (non-hydrogen) atoms. The first kappa shape index (κ1) is 14.5. The van der Waals surface area contributed by atoms with Crippen LogP contribution in [0.25, 0.3) is 0 Å². The van der Waals surface area contributed by atoms with E-state index in [-0.39, 0.29) is 5.92 Å². The molecule has 0 aromatic heterocycles. The van der Waals surface area contributed by atoms with E-state index in [0.29, 0.717) is 6.04 Å². The van der Waals surface area contributed by atoms with Gasteiger partial charge in [-0.25, -0.2) is 0 Å². The average molecular weight is 261 g/mol. The van der Waals surface area contributed by atoms with Gasteiger partial charge >= 0.3 is 0 Å². The molecule has 1 N–H and O–H groups in total. The summed E-state index contributed by atoms with van der Waals surface area (Å²) in [6.07, 6.45) is 0.815. The second-order valence-corrected chi connectivity index (χ2v) is 6.59. The van der Waals surface area contributed by atoms with E-state index >= 15 is 0 Å². The third-order valence-electron chi connectivity index (χ3n) is 4.85. The average Bonchev–Trinajstić information content (AvgIpc) is 2.25. The Bertz CT molecular complexity index is 459. The number of aryl methyl sites for hydroxylation is 3. The molecular formula is C17H27NO. The predicted octanol–water partition coefficient (Wildman–Crippen LogP) is 3.16. The molecule has 1 aliphatic rings. The first-order valence-electron chi connectivity index (χ1n) is 7.26. The molecule has 3 unspecified atom stereocenters. The summed E-state index contributed by atoms with van der Waals surface area (Å²) in [6, 6.07) is 4.80. The van der Waals surface area contributed by atoms with Crippen LogP contribution in [0.5, 0.6) is 0 Å². The highest BCUT2D eigenvalue weighted by molar-refractivity contribution is 5.42. The van der Waals surface area contributed by atoms with Crippen LogP contribution >= 0.6 is 0 Å². The van der Waals surface area contributed by atoms with Crippen LogP contribution in [0, 0.1) is 26.7 Å². The molecule has 1 heterocycles. The number of aliphatic hydroxyl groups is 1. The van der Waals surface area contributed by atoms with E-state index in [1.807, 2.05) is 0 Å². The van der Waals surface area contributed by atoms with Gasteiger partial charge in [0.2, 0.25) is 0 Å². The SMILES string of the molecule is Cc1cc(C)c(C2(O)CC(C)N(C)CC2C)c(C)c1. The number of likely N-dealkylation sites (tertiary alicyclic amines) is 1. The Kier molecular flexibility index (Phi) is 3.76. The van der Waals surface area contributed by atoms with Crippen molar-refractivity contribution in [1.82, 2.24) is 4.90 Å². The van der Waals surface area contributed by atoms with Gasteiger partial charge in [0, 0.05) is 18.5 Å². The van der Waals surface area contributed by atoms with Crippen molar-refractivity contribution in [3.05, 3.63) is 34.4 Å². The molecule has 1 aromatic rings. The Morgan fingerprint density at radius 2 is 1.68 bits per heavy atom. The minimum absolute atomic E-state index is 0.258. The molecule has 2 rings (SSSR count). The van der Waals surface area contributed by atoms with Gasteiger partial charge in [0.05, 0.1) is 5.60 Å². The fraction of sp³-hybridized carbons (Fsp3) is 0.647. The Balaban J connectivity index is 2.50. The van der Waals surface area contributed by atoms with Gasteiger partial charge < -0.3 is 10.0 Å². The summed E-state index contributed by atoms with van der Waals surface area (Å²) in [5.41, 5.74) is 4.20. The summed E-state index contributed by atoms with van der Waals surface area (Å²) in [6.45, 7) is 11.7. The molecule has 0 saturated carbocycles. The minimum Gasteiger partial charge on any atom is -0.385 e. The van der Waals surface area contributed by atoms with Crippen LogP contribution in [0.2, 0.25) is 0 Å². The first-order valence-corrected chi connectivity index (χ1v) is 7.26. The number of piperidine rings is 1. The summed E-state index contributed by atoms with van der Waals surface area (Å²) in [7, 11) is 2.15. The van der Waals surface area contributed by atoms with E-state index in [1.165, 1.54) is 16.7 Å². The molecule has 0 spiro atoms. The van der Waals surface area contributed by atoms with Crippen molar-refractivity contribution in [2.75, 3.05) is 13.6 Å². The maximum absolute atomic E-state index is 11.3. The van der Waals surface area contributed by atoms with Crippen LogP contribution in [0.3, 0.4) is 0 Å². The van der Waals surface area contributed by atoms with Crippen molar-refractivity contribution in [1.29, 1.82) is 0 Å². The van der Waals surface area contributed by atoms with E-state index < -0.39 is 5.60 Å². The molecule has 3 atom stereocenters. The topological polar surface area (TPSA) is 23.5 Å². The second kappa shape index (κ2) is 4.92. The van der Waals surface area contributed by atoms with Crippen molar-refractivity contribution in [3.63, 3.8) is 0 Å². The Hall–Kier alpha value is -0.860. The summed E-state index contributed by atoms with van der Waals surface area (Å²) in [4.78, 5) is 2.35. The van der Waals surface area contributed by atoms with Crippen molar-refractivity contribution in [2.45, 2.75) is 52.7 Å². The van der Waals surface area contributed by atoms with E-state index in [1.54, 1.807) is 0 Å². The van der Waals surface area contributed by atoms with Crippen molar-refractivity contribution in [3.8, 4) is 0 Å². The van der Waals surface area contributed by atoms with Gasteiger partial charge in [-0.3, -0.25) is 0 Å². The highest BCUT2D eigenvalue weighted by atomic mass is 16.3. The zero-order chi connectivity index (χ0) is 14.4. The first-order chi connectivity index (χ1) is 8.75. The maximum Gasteiger partial charge on any atom is 0.0954 e. The van der Waals surface area contributed by atoms with Crippen molar-refractivity contribution in [2.24, 2.45) is 5.92 Å². The number of rotatable bonds is 1. The molecule has 1 aromatic carbocycles. The van der Waals surface area contributed by atoms with Crippen molar-refractivity contribution >= 4 is 0 Å². The highest BCUT2D eigenvalue weighted by Crippen LogP contribution is 2.42. The van der Waals surface area contributed by atoms with E-state index in [4.69, 9.17) is 0 Å². The van der Waals surface area contributed by atoms with E-state index in [0.717, 1.165) is 18.5 Å². The minimum atomic E-state index is -0.687. The number of nitrogens with zero attached hydrogens (tertiary/aromatic N) is 1. The molecule has 0 amide bonds. The van der Waals surface area contributed by atoms with Crippen LogP contribution in [-0.4, -0.2) is 29.6 Å². The molecule has 0 aliphatic carbocycles. The molecule has 1 saturated heterocycles. The standard InChI is InChI=1S/C17H27NO/c1-11-7-12(2)16(13(3)8-11)17(19)9-15(5)18(6)10-14(17)4/h7-8,14-15,19H,9-10H2,1-6H3. The summed E-state index contributed by atoms with van der Waals surface area (Å²) in [5.74, 6) is 0.258. The summed E-state index contributed by atoms with van der Waals surface area (Å²) in [5, 5.41) is 11.3. The highest BCUT2D eigenvalue weighted by Gasteiger charge is 2.43. The van der Waals surface area contributed by atoms with Gasteiger partial charge in [-0.2, -0.15) is 0 Å². The number of benzene rings is 1. The lowest BCUT2D eigenvalue weighted by Crippen LogP contribution is -2.52. The van der Waals surface area contributed by atoms with Crippen molar-refractivity contribution < 1.29 is 5.11 Å². The Morgan fingerprint density at radius 1 is 1.16 bits per heavy atom. The molecular weight excluding hydrogens is 234 g/mol. The number of hydrogen-bond donors (Lipinski definition) is 1. The third kappa shape index (κ3) is 2.44. The van der Waals surface area contributed by atoms with Crippen LogP contribution < -0.4 is 0 Å². The van der Waals surface area contributed by atoms with E-state index in [2.05, 4.69) is 58.7 Å². The normalized spacial score (nSPS) is 32.6. The largest absolute Gasteiger partial charge is 0.385 e. The predicted molar refractivity (Wildman–Crippen MR) is 80.4 cm³/mol. The second-order valence-electron chi connectivity index (χ2n) is 6.59. The zero-order valence-electron chi connectivity index (χ0n) is 13.1. The molecule has 2 nitrogen and oxygen atoms in total. The van der Waals surface area contributed by atoms with Gasteiger partial charge in [0.15, 0.2) is 0 Å². The van der Waals surface area contributed by atoms with E-state index in [9.17, 15) is 5.11 Å². The van der Waals surface area contributed by atoms with Crippen LogP contribution in [0.4, 0.5) is 0 Å². The lowest BCUT2D eigenvalue weighted by Gasteiger charge is -2.47. The zero-order valence-corrected chi connectivity index (χ0v) is 13.1. The fourth-order valence-corrected chi connectivity index (χ4v) is 3.78. The fourth-order valence-electron chi connectivity index (χ4n) is 3.78. The maximum atomic E-state index is 11.3.